The quantitative estimate of drug-likeness (QED) is 0.858. The molecule has 16 heavy (non-hydrogen) atoms. The zero-order valence-electron chi connectivity index (χ0n) is 9.17. The third-order valence-electron chi connectivity index (χ3n) is 2.71. The first-order valence-electron chi connectivity index (χ1n) is 5.44. The first-order chi connectivity index (χ1) is 7.66. The van der Waals surface area contributed by atoms with Gasteiger partial charge in [-0.1, -0.05) is 28.9 Å². The topological polar surface area (TPSA) is 21.3 Å². The Kier molecular flexibility index (Phi) is 3.95. The van der Waals surface area contributed by atoms with Crippen molar-refractivity contribution in [3.8, 4) is 0 Å². The fourth-order valence-electron chi connectivity index (χ4n) is 1.82. The van der Waals surface area contributed by atoms with E-state index < -0.39 is 0 Å². The van der Waals surface area contributed by atoms with E-state index in [1.54, 1.807) is 6.07 Å². The van der Waals surface area contributed by atoms with Crippen LogP contribution < -0.4 is 5.32 Å². The van der Waals surface area contributed by atoms with E-state index in [2.05, 4.69) is 28.2 Å². The molecule has 0 bridgehead atoms. The number of hydrogen-bond acceptors (Lipinski definition) is 2. The number of halogens is 2. The molecule has 4 heteroatoms. The van der Waals surface area contributed by atoms with E-state index in [1.165, 1.54) is 12.1 Å². The molecule has 1 N–H and O–H groups in total. The highest BCUT2D eigenvalue weighted by Crippen LogP contribution is 2.27. The first kappa shape index (κ1) is 12.0. The lowest BCUT2D eigenvalue weighted by Gasteiger charge is -2.17. The van der Waals surface area contributed by atoms with Gasteiger partial charge in [-0.25, -0.2) is 4.39 Å². The number of rotatable bonds is 1. The smallest absolute Gasteiger partial charge is 0.124 e. The summed E-state index contributed by atoms with van der Waals surface area (Å²) < 4.78 is 19.5. The maximum Gasteiger partial charge on any atom is 0.124 e. The van der Waals surface area contributed by atoms with Crippen LogP contribution in [0.15, 0.2) is 22.7 Å². The molecule has 1 aliphatic rings. The van der Waals surface area contributed by atoms with E-state index in [-0.39, 0.29) is 11.9 Å². The van der Waals surface area contributed by atoms with E-state index in [9.17, 15) is 4.39 Å². The highest BCUT2D eigenvalue weighted by Gasteiger charge is 2.19. The van der Waals surface area contributed by atoms with Crippen molar-refractivity contribution >= 4 is 15.9 Å². The molecule has 1 heterocycles. The molecule has 2 nitrogen and oxygen atoms in total. The van der Waals surface area contributed by atoms with Crippen LogP contribution in [-0.4, -0.2) is 19.7 Å². The molecule has 0 amide bonds. The van der Waals surface area contributed by atoms with Gasteiger partial charge in [-0.3, -0.25) is 0 Å². The van der Waals surface area contributed by atoms with Crippen LogP contribution in [0.2, 0.25) is 0 Å². The lowest BCUT2D eigenvalue weighted by Crippen LogP contribution is -2.22. The second-order valence-corrected chi connectivity index (χ2v) is 5.11. The third-order valence-corrected chi connectivity index (χ3v) is 3.40. The largest absolute Gasteiger partial charge is 0.372 e. The molecule has 1 aliphatic heterocycles. The van der Waals surface area contributed by atoms with Gasteiger partial charge in [0, 0.05) is 17.6 Å². The Balaban J connectivity index is 2.16. The second kappa shape index (κ2) is 5.25. The van der Waals surface area contributed by atoms with E-state index in [0.29, 0.717) is 5.92 Å². The van der Waals surface area contributed by atoms with Crippen molar-refractivity contribution in [1.29, 1.82) is 0 Å². The van der Waals surface area contributed by atoms with Crippen molar-refractivity contribution in [2.24, 2.45) is 5.92 Å². The maximum atomic E-state index is 13.0. The van der Waals surface area contributed by atoms with Crippen LogP contribution in [0.4, 0.5) is 4.39 Å². The Hall–Kier alpha value is -0.450. The zero-order valence-corrected chi connectivity index (χ0v) is 10.8. The van der Waals surface area contributed by atoms with Crippen molar-refractivity contribution in [2.75, 3.05) is 19.7 Å². The molecule has 0 radical (unpaired) electrons. The summed E-state index contributed by atoms with van der Waals surface area (Å²) in [5, 5.41) is 3.35. The number of hydrogen-bond donors (Lipinski definition) is 1. The van der Waals surface area contributed by atoms with Crippen LogP contribution >= 0.6 is 15.9 Å². The average molecular weight is 288 g/mol. The van der Waals surface area contributed by atoms with Crippen LogP contribution in [0.25, 0.3) is 0 Å². The lowest BCUT2D eigenvalue weighted by molar-refractivity contribution is 0.0510. The van der Waals surface area contributed by atoms with Gasteiger partial charge in [0.15, 0.2) is 0 Å². The van der Waals surface area contributed by atoms with Crippen LogP contribution in [0.3, 0.4) is 0 Å². The van der Waals surface area contributed by atoms with Gasteiger partial charge in [0.25, 0.3) is 0 Å². The first-order valence-corrected chi connectivity index (χ1v) is 6.23. The monoisotopic (exact) mass is 287 g/mol. The van der Waals surface area contributed by atoms with Crippen molar-refractivity contribution < 1.29 is 9.13 Å². The Morgan fingerprint density at radius 2 is 2.25 bits per heavy atom. The van der Waals surface area contributed by atoms with Crippen LogP contribution in [0.5, 0.6) is 0 Å². The molecule has 0 aliphatic carbocycles. The molecule has 0 aromatic heterocycles. The summed E-state index contributed by atoms with van der Waals surface area (Å²) in [6, 6.07) is 4.73. The summed E-state index contributed by atoms with van der Waals surface area (Å²) in [6.07, 6.45) is -0.0000694. The summed E-state index contributed by atoms with van der Waals surface area (Å²) in [7, 11) is 0. The molecule has 2 unspecified atom stereocenters. The van der Waals surface area contributed by atoms with Crippen molar-refractivity contribution in [1.82, 2.24) is 5.32 Å². The van der Waals surface area contributed by atoms with Gasteiger partial charge >= 0.3 is 0 Å². The minimum Gasteiger partial charge on any atom is -0.372 e. The van der Waals surface area contributed by atoms with E-state index in [0.717, 1.165) is 29.7 Å². The Morgan fingerprint density at radius 1 is 1.44 bits per heavy atom. The Labute approximate surface area is 103 Å². The SMILES string of the molecule is CC1CNCC(c2ccc(F)cc2Br)OC1. The average Bonchev–Trinajstić information content (AvgIpc) is 2.43. The highest BCUT2D eigenvalue weighted by atomic mass is 79.9. The summed E-state index contributed by atoms with van der Waals surface area (Å²) in [4.78, 5) is 0. The van der Waals surface area contributed by atoms with Crippen LogP contribution in [-0.2, 0) is 4.74 Å². The van der Waals surface area contributed by atoms with Crippen molar-refractivity contribution in [3.63, 3.8) is 0 Å². The third kappa shape index (κ3) is 2.81. The normalized spacial score (nSPS) is 26.4. The number of nitrogens with one attached hydrogen (secondary N) is 1. The van der Waals surface area contributed by atoms with Gasteiger partial charge < -0.3 is 10.1 Å². The fraction of sp³-hybridized carbons (Fsp3) is 0.500. The van der Waals surface area contributed by atoms with E-state index in [4.69, 9.17) is 4.74 Å². The molecule has 0 spiro atoms. The summed E-state index contributed by atoms with van der Waals surface area (Å²) in [6.45, 7) is 4.63. The summed E-state index contributed by atoms with van der Waals surface area (Å²) in [5.41, 5.74) is 1.00. The number of benzene rings is 1. The van der Waals surface area contributed by atoms with Gasteiger partial charge in [-0.2, -0.15) is 0 Å². The molecule has 1 fully saturated rings. The Bertz CT molecular complexity index is 372. The van der Waals surface area contributed by atoms with E-state index in [1.807, 2.05) is 0 Å². The van der Waals surface area contributed by atoms with Gasteiger partial charge in [0.05, 0.1) is 12.7 Å². The van der Waals surface area contributed by atoms with Crippen LogP contribution in [0.1, 0.15) is 18.6 Å². The standard InChI is InChI=1S/C12H15BrFNO/c1-8-5-15-6-12(16-7-8)10-3-2-9(14)4-11(10)13/h2-4,8,12,15H,5-7H2,1H3. The molecular formula is C12H15BrFNO. The predicted molar refractivity (Wildman–Crippen MR) is 64.8 cm³/mol. The maximum absolute atomic E-state index is 13.0. The van der Waals surface area contributed by atoms with Gasteiger partial charge in [0.2, 0.25) is 0 Å². The van der Waals surface area contributed by atoms with Crippen LogP contribution in [0, 0.1) is 11.7 Å². The van der Waals surface area contributed by atoms with Gasteiger partial charge in [-0.05, 0) is 23.6 Å². The predicted octanol–water partition coefficient (Wildman–Crippen LogP) is 2.89. The summed E-state index contributed by atoms with van der Waals surface area (Å²) in [5.74, 6) is 0.287. The molecular weight excluding hydrogens is 273 g/mol. The second-order valence-electron chi connectivity index (χ2n) is 4.25. The molecule has 0 saturated carbocycles. The Morgan fingerprint density at radius 3 is 3.00 bits per heavy atom. The van der Waals surface area contributed by atoms with E-state index >= 15 is 0 Å². The van der Waals surface area contributed by atoms with Gasteiger partial charge in [0.1, 0.15) is 5.82 Å². The zero-order chi connectivity index (χ0) is 11.5. The fourth-order valence-corrected chi connectivity index (χ4v) is 2.43. The van der Waals surface area contributed by atoms with Gasteiger partial charge in [-0.15, -0.1) is 0 Å². The van der Waals surface area contributed by atoms with Crippen molar-refractivity contribution in [2.45, 2.75) is 13.0 Å². The molecule has 1 aromatic carbocycles. The minimum absolute atomic E-state index is 0.0000694. The summed E-state index contributed by atoms with van der Waals surface area (Å²) >= 11 is 3.38. The molecule has 1 aromatic rings. The minimum atomic E-state index is -0.231. The molecule has 2 rings (SSSR count). The molecule has 88 valence electrons. The van der Waals surface area contributed by atoms with Crippen molar-refractivity contribution in [3.05, 3.63) is 34.1 Å². The lowest BCUT2D eigenvalue weighted by atomic mass is 10.1. The highest BCUT2D eigenvalue weighted by molar-refractivity contribution is 9.10. The molecule has 1 saturated heterocycles. The molecule has 2 atom stereocenters. The number of ether oxygens (including phenoxy) is 1.